The minimum Gasteiger partial charge on any atom is -0.467 e. The minimum atomic E-state index is -1.46. The molecule has 4 N–H and O–H groups in total. The van der Waals surface area contributed by atoms with Crippen molar-refractivity contribution in [3.63, 3.8) is 0 Å². The second-order valence-corrected chi connectivity index (χ2v) is 21.5. The number of ketones is 2. The molecule has 0 radical (unpaired) electrons. The van der Waals surface area contributed by atoms with E-state index in [4.69, 9.17) is 18.9 Å². The molecule has 4 atom stereocenters. The number of unbranched alkanes of at least 4 members (excludes halogenated alkanes) is 1. The molecule has 0 spiro atoms. The van der Waals surface area contributed by atoms with Crippen molar-refractivity contribution in [2.45, 2.75) is 155 Å². The number of carbonyl (C=O) groups excluding carboxylic acids is 8. The lowest BCUT2D eigenvalue weighted by molar-refractivity contribution is -0.153. The van der Waals surface area contributed by atoms with Gasteiger partial charge in [-0.1, -0.05) is 111 Å². The van der Waals surface area contributed by atoms with Crippen LogP contribution in [0.15, 0.2) is 91.0 Å². The first-order chi connectivity index (χ1) is 35.0. The number of rotatable bonds is 25. The number of esters is 1. The number of nitrogens with one attached hydrogen (secondary N) is 4. The molecule has 1 saturated heterocycles. The second kappa shape index (κ2) is 28.6. The normalized spacial score (nSPS) is 15.0. The fourth-order valence-electron chi connectivity index (χ4n) is 8.74. The summed E-state index contributed by atoms with van der Waals surface area (Å²) in [5, 5.41) is 11.2. The first kappa shape index (κ1) is 59.8. The van der Waals surface area contributed by atoms with Crippen LogP contribution in [0.25, 0.3) is 0 Å². The van der Waals surface area contributed by atoms with Crippen LogP contribution in [0, 0.1) is 17.8 Å². The molecule has 1 heterocycles. The Morgan fingerprint density at radius 2 is 1.14 bits per heavy atom. The lowest BCUT2D eigenvalue weighted by atomic mass is 9.85. The SMILES string of the molecule is COC(=O)C1(NC(=O)OC(C)(C)C)CCN(C(=O)[C@@H](CCCCNC(=O)OC(C)(C)C)CC(=O)[C@@H](CC(C)C)NC(=O)[C@H](CC(=O)[C@@H](Cc2ccccc2)NC(=O)OCc2ccccc2)Cc2ccccc2)CC1. The number of likely N-dealkylation sites (tertiary alicyclic amines) is 1. The van der Waals surface area contributed by atoms with Gasteiger partial charge in [-0.2, -0.15) is 0 Å². The van der Waals surface area contributed by atoms with Gasteiger partial charge in [-0.15, -0.1) is 0 Å². The highest BCUT2D eigenvalue weighted by molar-refractivity contribution is 5.95. The van der Waals surface area contributed by atoms with E-state index in [1.54, 1.807) is 46.4 Å². The van der Waals surface area contributed by atoms with Crippen LogP contribution in [0.3, 0.4) is 0 Å². The zero-order valence-electron chi connectivity index (χ0n) is 44.8. The van der Waals surface area contributed by atoms with E-state index < -0.39 is 76.6 Å². The Labute approximate surface area is 436 Å². The van der Waals surface area contributed by atoms with Gasteiger partial charge in [0.1, 0.15) is 23.3 Å². The van der Waals surface area contributed by atoms with Crippen molar-refractivity contribution in [1.82, 2.24) is 26.2 Å². The Balaban J connectivity index is 1.57. The van der Waals surface area contributed by atoms with Gasteiger partial charge in [0.05, 0.1) is 19.2 Å². The molecule has 0 aliphatic carbocycles. The van der Waals surface area contributed by atoms with Crippen molar-refractivity contribution in [3.8, 4) is 0 Å². The molecular weight excluding hydrogens is 947 g/mol. The van der Waals surface area contributed by atoms with Gasteiger partial charge >= 0.3 is 24.2 Å². The summed E-state index contributed by atoms with van der Waals surface area (Å²) in [6.45, 7) is 14.6. The van der Waals surface area contributed by atoms with Gasteiger partial charge in [-0.25, -0.2) is 19.2 Å². The van der Waals surface area contributed by atoms with E-state index in [1.165, 1.54) is 7.11 Å². The van der Waals surface area contributed by atoms with Crippen LogP contribution in [0.5, 0.6) is 0 Å². The third-order valence-corrected chi connectivity index (χ3v) is 12.4. The van der Waals surface area contributed by atoms with Gasteiger partial charge in [-0.3, -0.25) is 19.2 Å². The zero-order valence-corrected chi connectivity index (χ0v) is 44.8. The third kappa shape index (κ3) is 21.0. The quantitative estimate of drug-likeness (QED) is 0.0358. The molecule has 4 rings (SSSR count). The minimum absolute atomic E-state index is 0.0115. The van der Waals surface area contributed by atoms with Gasteiger partial charge in [0.25, 0.3) is 0 Å². The largest absolute Gasteiger partial charge is 0.467 e. The smallest absolute Gasteiger partial charge is 0.408 e. The number of piperidine rings is 1. The fourth-order valence-corrected chi connectivity index (χ4v) is 8.74. The number of hydrogen-bond acceptors (Lipinski definition) is 12. The van der Waals surface area contributed by atoms with Crippen LogP contribution < -0.4 is 21.3 Å². The summed E-state index contributed by atoms with van der Waals surface area (Å²) >= 11 is 0. The molecule has 0 unspecified atom stereocenters. The molecule has 1 aliphatic heterocycles. The molecule has 404 valence electrons. The summed E-state index contributed by atoms with van der Waals surface area (Å²) < 4.78 is 21.4. The zero-order chi connectivity index (χ0) is 54.5. The monoisotopic (exact) mass is 1030 g/mol. The fraction of sp³-hybridized carbons (Fsp3) is 0.544. The van der Waals surface area contributed by atoms with Crippen LogP contribution in [0.4, 0.5) is 14.4 Å². The Kier molecular flexibility index (Phi) is 23.1. The van der Waals surface area contributed by atoms with Gasteiger partial charge in [0, 0.05) is 44.3 Å². The topological polar surface area (TPSA) is 225 Å². The van der Waals surface area contributed by atoms with Crippen molar-refractivity contribution in [2.75, 3.05) is 26.7 Å². The number of ether oxygens (including phenoxy) is 4. The number of amides is 5. The summed E-state index contributed by atoms with van der Waals surface area (Å²) in [6, 6.07) is 25.5. The standard InChI is InChI=1S/C57H79N5O12/c1-39(2)33-45(59-49(65)44(34-40-21-13-10-14-22-40)37-48(64)46(35-41-23-15-11-16-24-41)60-53(69)72-38-42-25-17-12-18-26-42)47(63)36-43(27-19-20-30-58-52(68)73-55(3,4)5)50(66)62-31-28-57(29-32-62,51(67)71-9)61-54(70)74-56(6,7)8/h10-18,21-26,39,43-46H,19-20,27-38H2,1-9H3,(H,58,68)(H,59,65)(H,60,69)(H,61,70)/t43-,44-,45+,46+/m0/s1. The first-order valence-electron chi connectivity index (χ1n) is 25.7. The molecule has 17 heteroatoms. The molecule has 0 bridgehead atoms. The molecule has 1 aliphatic rings. The van der Waals surface area contributed by atoms with E-state index in [1.807, 2.05) is 105 Å². The maximum Gasteiger partial charge on any atom is 0.408 e. The molecule has 3 aromatic rings. The Morgan fingerprint density at radius 3 is 1.68 bits per heavy atom. The Bertz CT molecular complexity index is 2310. The second-order valence-electron chi connectivity index (χ2n) is 21.5. The molecule has 1 fully saturated rings. The Morgan fingerprint density at radius 1 is 0.622 bits per heavy atom. The predicted molar refractivity (Wildman–Crippen MR) is 279 cm³/mol. The van der Waals surface area contributed by atoms with Gasteiger partial charge in [0.2, 0.25) is 11.8 Å². The average Bonchev–Trinajstić information content (AvgIpc) is 3.34. The van der Waals surface area contributed by atoms with E-state index in [0.29, 0.717) is 12.8 Å². The number of methoxy groups -OCH3 is 1. The first-order valence-corrected chi connectivity index (χ1v) is 25.7. The van der Waals surface area contributed by atoms with E-state index in [-0.39, 0.29) is 95.2 Å². The molecular formula is C57H79N5O12. The maximum absolute atomic E-state index is 14.7. The highest BCUT2D eigenvalue weighted by Crippen LogP contribution is 2.29. The highest BCUT2D eigenvalue weighted by atomic mass is 16.6. The van der Waals surface area contributed by atoms with Crippen molar-refractivity contribution in [3.05, 3.63) is 108 Å². The lowest BCUT2D eigenvalue weighted by Crippen LogP contribution is -2.62. The van der Waals surface area contributed by atoms with Crippen molar-refractivity contribution in [1.29, 1.82) is 0 Å². The van der Waals surface area contributed by atoms with Crippen LogP contribution in [0.1, 0.15) is 123 Å². The van der Waals surface area contributed by atoms with E-state index in [9.17, 15) is 38.4 Å². The van der Waals surface area contributed by atoms with Crippen LogP contribution in [-0.4, -0.2) is 108 Å². The summed E-state index contributed by atoms with van der Waals surface area (Å²) in [5.41, 5.74) is -0.646. The molecule has 0 aromatic heterocycles. The van der Waals surface area contributed by atoms with E-state index >= 15 is 0 Å². The van der Waals surface area contributed by atoms with Crippen molar-refractivity contribution >= 4 is 47.6 Å². The van der Waals surface area contributed by atoms with Crippen LogP contribution in [-0.2, 0) is 62.4 Å². The van der Waals surface area contributed by atoms with Crippen molar-refractivity contribution in [2.24, 2.45) is 17.8 Å². The number of hydrogen-bond donors (Lipinski definition) is 4. The Hall–Kier alpha value is -6.78. The maximum atomic E-state index is 14.7. The molecule has 74 heavy (non-hydrogen) atoms. The van der Waals surface area contributed by atoms with E-state index in [0.717, 1.165) is 16.7 Å². The van der Waals surface area contributed by atoms with Gasteiger partial charge in [0.15, 0.2) is 11.6 Å². The molecule has 5 amide bonds. The van der Waals surface area contributed by atoms with Gasteiger partial charge in [-0.05, 0) is 109 Å². The number of nitrogens with zero attached hydrogens (tertiary/aromatic N) is 1. The van der Waals surface area contributed by atoms with Gasteiger partial charge < -0.3 is 45.1 Å². The average molecular weight is 1030 g/mol. The molecule has 17 nitrogen and oxygen atoms in total. The number of Topliss-reactive ketones (excluding diaryl/α,β-unsaturated/α-hetero) is 2. The van der Waals surface area contributed by atoms with Crippen molar-refractivity contribution < 1.29 is 57.3 Å². The summed E-state index contributed by atoms with van der Waals surface area (Å²) in [5.74, 6) is -4.21. The number of alkyl carbamates (subject to hydrolysis) is 3. The lowest BCUT2D eigenvalue weighted by Gasteiger charge is -2.41. The summed E-state index contributed by atoms with van der Waals surface area (Å²) in [4.78, 5) is 112. The van der Waals surface area contributed by atoms with E-state index in [2.05, 4.69) is 21.3 Å². The predicted octanol–water partition coefficient (Wildman–Crippen LogP) is 8.20. The summed E-state index contributed by atoms with van der Waals surface area (Å²) in [7, 11) is 1.22. The molecule has 3 aromatic carbocycles. The summed E-state index contributed by atoms with van der Waals surface area (Å²) in [6.07, 6.45) is -0.930. The van der Waals surface area contributed by atoms with Crippen LogP contribution >= 0.6 is 0 Å². The molecule has 0 saturated carbocycles. The number of benzene rings is 3. The van der Waals surface area contributed by atoms with Crippen LogP contribution in [0.2, 0.25) is 0 Å². The highest BCUT2D eigenvalue weighted by Gasteiger charge is 2.46. The number of carbonyl (C=O) groups is 8. The third-order valence-electron chi connectivity index (χ3n) is 12.4.